The van der Waals surface area contributed by atoms with E-state index in [2.05, 4.69) is 29.4 Å². The minimum atomic E-state index is -0.230. The molecule has 1 heterocycles. The van der Waals surface area contributed by atoms with Crippen LogP contribution in [0, 0.1) is 0 Å². The number of anilines is 1. The standard InChI is InChI=1S/C20H22N2O3S/c1-3-4-5-14-6-11-17-18(12-14)26-20(21-17)22-19(23)13-25-16-9-7-15(24-2)8-10-16/h6-12H,3-5,13H2,1-2H3,(H,21,22,23). The molecule has 0 fully saturated rings. The number of carbonyl (C=O) groups excluding carboxylic acids is 1. The molecule has 0 spiro atoms. The zero-order valence-electron chi connectivity index (χ0n) is 15.0. The number of hydrogen-bond acceptors (Lipinski definition) is 5. The first-order valence-corrected chi connectivity index (χ1v) is 9.45. The van der Waals surface area contributed by atoms with Gasteiger partial charge in [0, 0.05) is 0 Å². The first-order valence-electron chi connectivity index (χ1n) is 8.64. The average Bonchev–Trinajstić information content (AvgIpc) is 3.06. The molecule has 1 aromatic heterocycles. The summed E-state index contributed by atoms with van der Waals surface area (Å²) in [6.07, 6.45) is 3.43. The summed E-state index contributed by atoms with van der Waals surface area (Å²) in [6, 6.07) is 13.4. The number of amides is 1. The van der Waals surface area contributed by atoms with Crippen molar-refractivity contribution in [1.29, 1.82) is 0 Å². The molecule has 0 aliphatic carbocycles. The smallest absolute Gasteiger partial charge is 0.264 e. The van der Waals surface area contributed by atoms with Crippen LogP contribution in [0.5, 0.6) is 11.5 Å². The number of nitrogens with zero attached hydrogens (tertiary/aromatic N) is 1. The molecule has 136 valence electrons. The van der Waals surface area contributed by atoms with Gasteiger partial charge in [-0.3, -0.25) is 10.1 Å². The summed E-state index contributed by atoms with van der Waals surface area (Å²) in [5, 5.41) is 3.40. The van der Waals surface area contributed by atoms with Crippen molar-refractivity contribution >= 4 is 32.6 Å². The SMILES string of the molecule is CCCCc1ccc2nc(NC(=O)COc3ccc(OC)cc3)sc2c1. The number of thiazole rings is 1. The van der Waals surface area contributed by atoms with Gasteiger partial charge in [-0.05, 0) is 54.8 Å². The predicted octanol–water partition coefficient (Wildman–Crippen LogP) is 4.67. The minimum Gasteiger partial charge on any atom is -0.497 e. The molecule has 0 saturated heterocycles. The van der Waals surface area contributed by atoms with Crippen LogP contribution in [-0.2, 0) is 11.2 Å². The van der Waals surface area contributed by atoms with Crippen molar-refractivity contribution in [3.63, 3.8) is 0 Å². The molecular formula is C20H22N2O3S. The molecule has 0 saturated carbocycles. The Bertz CT molecular complexity index is 874. The van der Waals surface area contributed by atoms with Gasteiger partial charge < -0.3 is 9.47 Å². The van der Waals surface area contributed by atoms with Gasteiger partial charge in [0.15, 0.2) is 11.7 Å². The maximum atomic E-state index is 12.1. The molecule has 0 atom stereocenters. The number of benzene rings is 2. The Hall–Kier alpha value is -2.60. The number of aromatic nitrogens is 1. The maximum Gasteiger partial charge on any atom is 0.264 e. The second-order valence-electron chi connectivity index (χ2n) is 5.94. The number of fused-ring (bicyclic) bond motifs is 1. The largest absolute Gasteiger partial charge is 0.497 e. The van der Waals surface area contributed by atoms with E-state index < -0.39 is 0 Å². The fraction of sp³-hybridized carbons (Fsp3) is 0.300. The minimum absolute atomic E-state index is 0.0655. The number of unbranched alkanes of at least 4 members (excludes halogenated alkanes) is 1. The summed E-state index contributed by atoms with van der Waals surface area (Å²) in [5.74, 6) is 1.13. The Kier molecular flexibility index (Phi) is 6.07. The van der Waals surface area contributed by atoms with Crippen LogP contribution in [0.4, 0.5) is 5.13 Å². The zero-order chi connectivity index (χ0) is 18.4. The summed E-state index contributed by atoms with van der Waals surface area (Å²) in [6.45, 7) is 2.12. The van der Waals surface area contributed by atoms with E-state index >= 15 is 0 Å². The molecule has 0 radical (unpaired) electrons. The van der Waals surface area contributed by atoms with Crippen molar-refractivity contribution in [2.45, 2.75) is 26.2 Å². The summed E-state index contributed by atoms with van der Waals surface area (Å²) in [4.78, 5) is 16.6. The quantitative estimate of drug-likeness (QED) is 0.626. The molecule has 3 aromatic rings. The van der Waals surface area contributed by atoms with Gasteiger partial charge in [0.1, 0.15) is 11.5 Å². The van der Waals surface area contributed by atoms with E-state index in [1.165, 1.54) is 29.7 Å². The highest BCUT2D eigenvalue weighted by Gasteiger charge is 2.09. The van der Waals surface area contributed by atoms with Gasteiger partial charge in [-0.2, -0.15) is 0 Å². The molecule has 0 unspecified atom stereocenters. The van der Waals surface area contributed by atoms with E-state index in [0.29, 0.717) is 10.9 Å². The summed E-state index contributed by atoms with van der Waals surface area (Å²) < 4.78 is 11.7. The van der Waals surface area contributed by atoms with Crippen LogP contribution in [0.25, 0.3) is 10.2 Å². The molecule has 6 heteroatoms. The number of hydrogen-bond donors (Lipinski definition) is 1. The van der Waals surface area contributed by atoms with Gasteiger partial charge in [-0.1, -0.05) is 30.7 Å². The molecule has 5 nitrogen and oxygen atoms in total. The molecule has 1 amide bonds. The fourth-order valence-electron chi connectivity index (χ4n) is 2.54. The van der Waals surface area contributed by atoms with Gasteiger partial charge in [0.05, 0.1) is 17.3 Å². The molecular weight excluding hydrogens is 348 g/mol. The Morgan fingerprint density at radius 2 is 1.92 bits per heavy atom. The number of ether oxygens (including phenoxy) is 2. The fourth-order valence-corrected chi connectivity index (χ4v) is 3.48. The highest BCUT2D eigenvalue weighted by Crippen LogP contribution is 2.27. The Balaban J connectivity index is 1.57. The molecule has 0 aliphatic heterocycles. The molecule has 0 bridgehead atoms. The van der Waals surface area contributed by atoms with Crippen LogP contribution in [0.2, 0.25) is 0 Å². The summed E-state index contributed by atoms with van der Waals surface area (Å²) >= 11 is 1.48. The van der Waals surface area contributed by atoms with E-state index in [4.69, 9.17) is 9.47 Å². The summed E-state index contributed by atoms with van der Waals surface area (Å²) in [5.41, 5.74) is 2.21. The van der Waals surface area contributed by atoms with Gasteiger partial charge in [-0.25, -0.2) is 4.98 Å². The number of rotatable bonds is 8. The van der Waals surface area contributed by atoms with Crippen molar-refractivity contribution in [2.24, 2.45) is 0 Å². The molecule has 0 aliphatic rings. The Labute approximate surface area is 157 Å². The molecule has 26 heavy (non-hydrogen) atoms. The number of aryl methyl sites for hydroxylation is 1. The van der Waals surface area contributed by atoms with Gasteiger partial charge in [0.2, 0.25) is 0 Å². The third-order valence-corrected chi connectivity index (χ3v) is 4.88. The molecule has 3 rings (SSSR count). The lowest BCUT2D eigenvalue weighted by Gasteiger charge is -2.06. The maximum absolute atomic E-state index is 12.1. The third-order valence-electron chi connectivity index (χ3n) is 3.95. The number of methoxy groups -OCH3 is 1. The van der Waals surface area contributed by atoms with E-state index in [9.17, 15) is 4.79 Å². The first-order chi connectivity index (χ1) is 12.7. The van der Waals surface area contributed by atoms with E-state index in [1.54, 1.807) is 31.4 Å². The number of nitrogens with one attached hydrogen (secondary N) is 1. The highest BCUT2D eigenvalue weighted by molar-refractivity contribution is 7.22. The normalized spacial score (nSPS) is 10.7. The lowest BCUT2D eigenvalue weighted by atomic mass is 10.1. The van der Waals surface area contributed by atoms with Crippen LogP contribution < -0.4 is 14.8 Å². The second-order valence-corrected chi connectivity index (χ2v) is 6.97. The van der Waals surface area contributed by atoms with Crippen molar-refractivity contribution in [1.82, 2.24) is 4.98 Å². The van der Waals surface area contributed by atoms with E-state index in [-0.39, 0.29) is 12.5 Å². The van der Waals surface area contributed by atoms with Gasteiger partial charge >= 0.3 is 0 Å². The van der Waals surface area contributed by atoms with Crippen LogP contribution in [-0.4, -0.2) is 24.6 Å². The van der Waals surface area contributed by atoms with Crippen LogP contribution in [0.15, 0.2) is 42.5 Å². The van der Waals surface area contributed by atoms with Crippen molar-refractivity contribution in [2.75, 3.05) is 19.0 Å². The van der Waals surface area contributed by atoms with Crippen LogP contribution in [0.1, 0.15) is 25.3 Å². The Morgan fingerprint density at radius 1 is 1.15 bits per heavy atom. The van der Waals surface area contributed by atoms with Crippen molar-refractivity contribution in [3.8, 4) is 11.5 Å². The topological polar surface area (TPSA) is 60.5 Å². The monoisotopic (exact) mass is 370 g/mol. The predicted molar refractivity (Wildman–Crippen MR) is 105 cm³/mol. The lowest BCUT2D eigenvalue weighted by Crippen LogP contribution is -2.19. The van der Waals surface area contributed by atoms with Gasteiger partial charge in [-0.15, -0.1) is 0 Å². The van der Waals surface area contributed by atoms with Crippen LogP contribution in [0.3, 0.4) is 0 Å². The van der Waals surface area contributed by atoms with Gasteiger partial charge in [0.25, 0.3) is 5.91 Å². The van der Waals surface area contributed by atoms with E-state index in [0.717, 1.165) is 22.4 Å². The highest BCUT2D eigenvalue weighted by atomic mass is 32.1. The third kappa shape index (κ3) is 4.73. The van der Waals surface area contributed by atoms with Crippen molar-refractivity contribution in [3.05, 3.63) is 48.0 Å². The second kappa shape index (κ2) is 8.67. The summed E-state index contributed by atoms with van der Waals surface area (Å²) in [7, 11) is 1.61. The Morgan fingerprint density at radius 3 is 2.65 bits per heavy atom. The van der Waals surface area contributed by atoms with Crippen molar-refractivity contribution < 1.29 is 14.3 Å². The lowest BCUT2D eigenvalue weighted by molar-refractivity contribution is -0.118. The van der Waals surface area contributed by atoms with Crippen LogP contribution >= 0.6 is 11.3 Å². The van der Waals surface area contributed by atoms with E-state index in [1.807, 2.05) is 6.07 Å². The molecule has 2 aromatic carbocycles. The first kappa shape index (κ1) is 18.2. The zero-order valence-corrected chi connectivity index (χ0v) is 15.8. The number of carbonyl (C=O) groups is 1. The molecule has 1 N–H and O–H groups in total. The average molecular weight is 370 g/mol.